The van der Waals surface area contributed by atoms with Gasteiger partial charge in [0.25, 0.3) is 0 Å². The molecule has 10 heteroatoms. The first-order valence-electron chi connectivity index (χ1n) is 11.0. The fraction of sp³-hybridized carbons (Fsp3) is 0.391. The number of fused-ring (bicyclic) bond motifs is 2. The Balaban J connectivity index is 1.50. The number of amides is 1. The van der Waals surface area contributed by atoms with Crippen LogP contribution >= 0.6 is 0 Å². The van der Waals surface area contributed by atoms with E-state index in [0.717, 1.165) is 24.9 Å². The van der Waals surface area contributed by atoms with Gasteiger partial charge in [-0.1, -0.05) is 0 Å². The number of hydrogen-bond donors (Lipinski definition) is 3. The van der Waals surface area contributed by atoms with Crippen LogP contribution in [-0.4, -0.2) is 49.5 Å². The van der Waals surface area contributed by atoms with E-state index < -0.39 is 11.6 Å². The number of nitrogens with zero attached hydrogens (tertiary/aromatic N) is 4. The van der Waals surface area contributed by atoms with Crippen LogP contribution in [0, 0.1) is 11.7 Å². The molecule has 0 atom stereocenters. The Morgan fingerprint density at radius 2 is 2.15 bits per heavy atom. The minimum Gasteiger partial charge on any atom is -0.406 e. The zero-order valence-electron chi connectivity index (χ0n) is 18.8. The fourth-order valence-electron chi connectivity index (χ4n) is 3.86. The van der Waals surface area contributed by atoms with Crippen molar-refractivity contribution in [1.82, 2.24) is 35.4 Å². The van der Waals surface area contributed by atoms with Gasteiger partial charge in [0, 0.05) is 23.7 Å². The van der Waals surface area contributed by atoms with Crippen LogP contribution < -0.4 is 15.4 Å². The highest BCUT2D eigenvalue weighted by Crippen LogP contribution is 2.30. The van der Waals surface area contributed by atoms with Gasteiger partial charge in [-0.3, -0.25) is 4.68 Å². The van der Waals surface area contributed by atoms with Crippen LogP contribution in [0.15, 0.2) is 30.6 Å². The molecule has 1 saturated heterocycles. The number of benzene rings is 1. The molecule has 172 valence electrons. The van der Waals surface area contributed by atoms with Crippen molar-refractivity contribution in [1.29, 1.82) is 0 Å². The number of hydrogen-bond acceptors (Lipinski definition) is 6. The molecular formula is C23H26FN7O2. The Kier molecular flexibility index (Phi) is 5.24. The highest BCUT2D eigenvalue weighted by atomic mass is 19.1. The van der Waals surface area contributed by atoms with Gasteiger partial charge in [0.05, 0.1) is 11.7 Å². The van der Waals surface area contributed by atoms with Crippen LogP contribution in [0.3, 0.4) is 0 Å². The largest absolute Gasteiger partial charge is 0.413 e. The zero-order chi connectivity index (χ0) is 23.2. The lowest BCUT2D eigenvalue weighted by Gasteiger charge is -2.26. The van der Waals surface area contributed by atoms with Crippen molar-refractivity contribution in [3.8, 4) is 17.1 Å². The molecule has 1 aliphatic rings. The molecule has 0 radical (unpaired) electrons. The van der Waals surface area contributed by atoms with Crippen molar-refractivity contribution in [2.45, 2.75) is 39.3 Å². The lowest BCUT2D eigenvalue weighted by molar-refractivity contribution is 0.191. The molecule has 3 N–H and O–H groups in total. The monoisotopic (exact) mass is 451 g/mol. The second-order valence-electron chi connectivity index (χ2n) is 9.42. The Morgan fingerprint density at radius 3 is 2.88 bits per heavy atom. The van der Waals surface area contributed by atoms with E-state index in [1.807, 2.05) is 25.5 Å². The van der Waals surface area contributed by atoms with Crippen LogP contribution in [0.4, 0.5) is 9.18 Å². The molecule has 0 aliphatic carbocycles. The van der Waals surface area contributed by atoms with E-state index in [9.17, 15) is 9.18 Å². The van der Waals surface area contributed by atoms with E-state index in [0.29, 0.717) is 40.5 Å². The van der Waals surface area contributed by atoms with Gasteiger partial charge in [-0.2, -0.15) is 5.10 Å². The summed E-state index contributed by atoms with van der Waals surface area (Å²) in [5.41, 5.74) is 2.32. The van der Waals surface area contributed by atoms with Gasteiger partial charge < -0.3 is 20.4 Å². The van der Waals surface area contributed by atoms with E-state index in [-0.39, 0.29) is 11.6 Å². The molecule has 1 aliphatic heterocycles. The number of aryl methyl sites for hydroxylation is 1. The number of aromatic nitrogens is 5. The third-order valence-corrected chi connectivity index (χ3v) is 5.60. The van der Waals surface area contributed by atoms with Gasteiger partial charge in [0.15, 0.2) is 16.9 Å². The van der Waals surface area contributed by atoms with Gasteiger partial charge in [-0.25, -0.2) is 19.2 Å². The number of rotatable bonds is 5. The van der Waals surface area contributed by atoms with Crippen molar-refractivity contribution in [2.75, 3.05) is 13.1 Å². The fourth-order valence-corrected chi connectivity index (χ4v) is 3.86. The summed E-state index contributed by atoms with van der Waals surface area (Å²) in [6.45, 7) is 8.30. The third-order valence-electron chi connectivity index (χ3n) is 5.60. The number of carbonyl (C=O) groups is 1. The van der Waals surface area contributed by atoms with E-state index in [1.54, 1.807) is 18.5 Å². The summed E-state index contributed by atoms with van der Waals surface area (Å²) in [5, 5.41) is 11.6. The molecule has 1 aromatic carbocycles. The summed E-state index contributed by atoms with van der Waals surface area (Å²) in [7, 11) is 0. The Bertz CT molecular complexity index is 1330. The van der Waals surface area contributed by atoms with Gasteiger partial charge >= 0.3 is 6.09 Å². The maximum atomic E-state index is 14.0. The zero-order valence-corrected chi connectivity index (χ0v) is 18.8. The number of carbonyl (C=O) groups excluding carboxylic acids is 1. The molecule has 4 aromatic rings. The van der Waals surface area contributed by atoms with Crippen LogP contribution in [0.25, 0.3) is 33.5 Å². The second kappa shape index (κ2) is 8.11. The minimum atomic E-state index is -0.578. The standard InChI is InChI=1S/C23H26FN7O2/c1-23(2,3)29-22(32)33-18-12-27-21-20(18)28-16(11-26-21)19-15-5-4-14(24)8-17(15)31(30-19)7-6-13-9-25-10-13/h4-5,8,11-13,25H,6-7,9-10H2,1-3H3,(H,26,27)(H,29,32). The quantitative estimate of drug-likeness (QED) is 0.428. The Labute approximate surface area is 189 Å². The number of nitrogens with one attached hydrogen (secondary N) is 3. The average molecular weight is 452 g/mol. The molecule has 3 aromatic heterocycles. The highest BCUT2D eigenvalue weighted by Gasteiger charge is 2.21. The maximum absolute atomic E-state index is 14.0. The summed E-state index contributed by atoms with van der Waals surface area (Å²) in [6.07, 6.45) is 3.55. The first-order chi connectivity index (χ1) is 15.8. The molecule has 0 spiro atoms. The van der Waals surface area contributed by atoms with Gasteiger partial charge in [-0.15, -0.1) is 0 Å². The molecule has 1 fully saturated rings. The molecule has 1 amide bonds. The van der Waals surface area contributed by atoms with Crippen molar-refractivity contribution >= 4 is 28.2 Å². The Morgan fingerprint density at radius 1 is 1.33 bits per heavy atom. The third kappa shape index (κ3) is 4.38. The molecule has 33 heavy (non-hydrogen) atoms. The number of halogens is 1. The normalized spacial score (nSPS) is 14.5. The molecular weight excluding hydrogens is 425 g/mol. The van der Waals surface area contributed by atoms with E-state index in [2.05, 4.69) is 25.6 Å². The predicted octanol–water partition coefficient (Wildman–Crippen LogP) is 3.61. The van der Waals surface area contributed by atoms with Gasteiger partial charge in [0.1, 0.15) is 17.2 Å². The summed E-state index contributed by atoms with van der Waals surface area (Å²) < 4.78 is 21.3. The number of aromatic amines is 1. The smallest absolute Gasteiger partial charge is 0.406 e. The lowest BCUT2D eigenvalue weighted by Crippen LogP contribution is -2.42. The summed E-state index contributed by atoms with van der Waals surface area (Å²) in [4.78, 5) is 24.3. The molecule has 4 heterocycles. The highest BCUT2D eigenvalue weighted by molar-refractivity contribution is 5.93. The second-order valence-corrected chi connectivity index (χ2v) is 9.42. The molecule has 9 nitrogen and oxygen atoms in total. The van der Waals surface area contributed by atoms with Gasteiger partial charge in [0.2, 0.25) is 0 Å². The molecule has 0 bridgehead atoms. The van der Waals surface area contributed by atoms with Crippen molar-refractivity contribution in [3.05, 3.63) is 36.4 Å². The van der Waals surface area contributed by atoms with Crippen LogP contribution in [-0.2, 0) is 6.54 Å². The maximum Gasteiger partial charge on any atom is 0.413 e. The minimum absolute atomic E-state index is 0.272. The van der Waals surface area contributed by atoms with Crippen LogP contribution in [0.1, 0.15) is 27.2 Å². The topological polar surface area (TPSA) is 110 Å². The SMILES string of the molecule is CC(C)(C)NC(=O)Oc1c[nH]c2ncc(-c3nn(CCC4CNC4)c4cc(F)ccc34)nc12. The first-order valence-corrected chi connectivity index (χ1v) is 11.0. The Hall–Kier alpha value is -3.53. The summed E-state index contributed by atoms with van der Waals surface area (Å²) >= 11 is 0. The first kappa shape index (κ1) is 21.3. The van der Waals surface area contributed by atoms with Crippen molar-refractivity contribution in [3.63, 3.8) is 0 Å². The van der Waals surface area contributed by atoms with E-state index >= 15 is 0 Å². The summed E-state index contributed by atoms with van der Waals surface area (Å²) in [5.74, 6) is 0.567. The average Bonchev–Trinajstić information content (AvgIpc) is 3.26. The number of ether oxygens (including phenoxy) is 1. The van der Waals surface area contributed by atoms with E-state index in [4.69, 9.17) is 9.84 Å². The van der Waals surface area contributed by atoms with Gasteiger partial charge in [-0.05, 0) is 64.4 Å². The van der Waals surface area contributed by atoms with Crippen LogP contribution in [0.5, 0.6) is 5.75 Å². The molecule has 0 unspecified atom stereocenters. The van der Waals surface area contributed by atoms with Crippen molar-refractivity contribution < 1.29 is 13.9 Å². The number of H-pyrrole nitrogens is 1. The lowest BCUT2D eigenvalue weighted by atomic mass is 10.00. The molecule has 5 rings (SSSR count). The predicted molar refractivity (Wildman–Crippen MR) is 122 cm³/mol. The summed E-state index contributed by atoms with van der Waals surface area (Å²) in [6, 6.07) is 4.63. The van der Waals surface area contributed by atoms with E-state index in [1.165, 1.54) is 12.1 Å². The van der Waals surface area contributed by atoms with Crippen LogP contribution in [0.2, 0.25) is 0 Å². The van der Waals surface area contributed by atoms with Crippen molar-refractivity contribution in [2.24, 2.45) is 5.92 Å². The molecule has 0 saturated carbocycles.